The lowest BCUT2D eigenvalue weighted by Crippen LogP contribution is -2.21. The minimum absolute atomic E-state index is 0.178. The van der Waals surface area contributed by atoms with Crippen LogP contribution in [0.4, 0.5) is 5.69 Å². The summed E-state index contributed by atoms with van der Waals surface area (Å²) in [6.45, 7) is 0.259. The second kappa shape index (κ2) is 6.15. The molecule has 0 aromatic heterocycles. The van der Waals surface area contributed by atoms with E-state index in [1.807, 2.05) is 42.5 Å². The van der Waals surface area contributed by atoms with E-state index in [-0.39, 0.29) is 12.5 Å². The molecule has 4 heteroatoms. The van der Waals surface area contributed by atoms with Crippen molar-refractivity contribution in [1.29, 1.82) is 5.26 Å². The molecule has 108 valence electrons. The first-order chi connectivity index (χ1) is 10.8. The Balaban J connectivity index is 1.73. The quantitative estimate of drug-likeness (QED) is 0.944. The van der Waals surface area contributed by atoms with Crippen LogP contribution in [-0.4, -0.2) is 12.5 Å². The molecule has 2 aromatic rings. The van der Waals surface area contributed by atoms with Gasteiger partial charge in [-0.1, -0.05) is 30.3 Å². The second-order valence-corrected chi connectivity index (χ2v) is 4.98. The van der Waals surface area contributed by atoms with Crippen molar-refractivity contribution >= 4 is 17.7 Å². The summed E-state index contributed by atoms with van der Waals surface area (Å²) >= 11 is 0. The van der Waals surface area contributed by atoms with Crippen molar-refractivity contribution in [3.05, 3.63) is 65.2 Å². The average Bonchev–Trinajstić information content (AvgIpc) is 2.56. The maximum Gasteiger partial charge on any atom is 0.255 e. The van der Waals surface area contributed by atoms with Crippen LogP contribution in [0.15, 0.2) is 54.1 Å². The Morgan fingerprint density at radius 3 is 2.73 bits per heavy atom. The van der Waals surface area contributed by atoms with Crippen molar-refractivity contribution in [3.8, 4) is 11.8 Å². The maximum atomic E-state index is 12.3. The Kier molecular flexibility index (Phi) is 3.88. The largest absolute Gasteiger partial charge is 0.488 e. The second-order valence-electron chi connectivity index (χ2n) is 4.98. The molecule has 0 bridgehead atoms. The Hall–Kier alpha value is -3.06. The van der Waals surface area contributed by atoms with Gasteiger partial charge < -0.3 is 10.1 Å². The van der Waals surface area contributed by atoms with Gasteiger partial charge >= 0.3 is 0 Å². The minimum Gasteiger partial charge on any atom is -0.488 e. The first kappa shape index (κ1) is 13.9. The van der Waals surface area contributed by atoms with Gasteiger partial charge in [-0.2, -0.15) is 5.26 Å². The minimum atomic E-state index is -0.178. The predicted molar refractivity (Wildman–Crippen MR) is 84.3 cm³/mol. The number of fused-ring (bicyclic) bond motifs is 1. The lowest BCUT2D eigenvalue weighted by atomic mass is 10.1. The Morgan fingerprint density at radius 1 is 1.18 bits per heavy atom. The maximum absolute atomic E-state index is 12.3. The van der Waals surface area contributed by atoms with Gasteiger partial charge in [0.2, 0.25) is 0 Å². The molecule has 0 saturated heterocycles. The van der Waals surface area contributed by atoms with E-state index >= 15 is 0 Å². The third kappa shape index (κ3) is 2.99. The first-order valence-electron chi connectivity index (χ1n) is 6.96. The zero-order valence-electron chi connectivity index (χ0n) is 11.9. The molecule has 0 radical (unpaired) electrons. The monoisotopic (exact) mass is 290 g/mol. The van der Waals surface area contributed by atoms with Gasteiger partial charge in [-0.15, -0.1) is 0 Å². The highest BCUT2D eigenvalue weighted by Gasteiger charge is 2.16. The van der Waals surface area contributed by atoms with Crippen LogP contribution in [0.25, 0.3) is 6.08 Å². The standard InChI is InChI=1S/C18H14N2O2/c19-10-9-13-5-7-16(8-6-13)20-18(21)15-11-14-3-1-2-4-17(14)22-12-15/h1-8,11H,9,12H2,(H,20,21). The highest BCUT2D eigenvalue weighted by atomic mass is 16.5. The number of amides is 1. The molecule has 0 aliphatic carbocycles. The number of ether oxygens (including phenoxy) is 1. The van der Waals surface area contributed by atoms with E-state index in [1.54, 1.807) is 12.1 Å². The number of nitriles is 1. The van der Waals surface area contributed by atoms with E-state index in [0.717, 1.165) is 16.9 Å². The van der Waals surface area contributed by atoms with E-state index in [4.69, 9.17) is 10.00 Å². The molecule has 0 spiro atoms. The molecule has 1 aliphatic heterocycles. The van der Waals surface area contributed by atoms with Gasteiger partial charge in [0, 0.05) is 11.3 Å². The molecule has 1 heterocycles. The van der Waals surface area contributed by atoms with Crippen LogP contribution < -0.4 is 10.1 Å². The highest BCUT2D eigenvalue weighted by Crippen LogP contribution is 2.26. The molecule has 2 aromatic carbocycles. The fraction of sp³-hybridized carbons (Fsp3) is 0.111. The van der Waals surface area contributed by atoms with Gasteiger partial charge in [-0.05, 0) is 29.8 Å². The number of para-hydroxylation sites is 1. The third-order valence-electron chi connectivity index (χ3n) is 3.42. The molecule has 1 aliphatic rings. The van der Waals surface area contributed by atoms with Crippen molar-refractivity contribution in [2.75, 3.05) is 11.9 Å². The van der Waals surface area contributed by atoms with Crippen LogP contribution in [0.5, 0.6) is 5.75 Å². The van der Waals surface area contributed by atoms with Gasteiger partial charge in [-0.25, -0.2) is 0 Å². The van der Waals surface area contributed by atoms with Gasteiger partial charge in [0.05, 0.1) is 18.1 Å². The number of carbonyl (C=O) groups is 1. The normalized spacial score (nSPS) is 12.4. The zero-order valence-corrected chi connectivity index (χ0v) is 11.9. The van der Waals surface area contributed by atoms with Gasteiger partial charge in [0.1, 0.15) is 12.4 Å². The van der Waals surface area contributed by atoms with E-state index in [9.17, 15) is 4.79 Å². The number of hydrogen-bond donors (Lipinski definition) is 1. The average molecular weight is 290 g/mol. The summed E-state index contributed by atoms with van der Waals surface area (Å²) in [5.41, 5.74) is 3.11. The van der Waals surface area contributed by atoms with Crippen LogP contribution >= 0.6 is 0 Å². The molecule has 1 amide bonds. The van der Waals surface area contributed by atoms with Crippen molar-refractivity contribution in [2.24, 2.45) is 0 Å². The fourth-order valence-electron chi connectivity index (χ4n) is 2.26. The molecular weight excluding hydrogens is 276 g/mol. The van der Waals surface area contributed by atoms with Crippen molar-refractivity contribution < 1.29 is 9.53 Å². The predicted octanol–water partition coefficient (Wildman–Crippen LogP) is 3.17. The molecule has 22 heavy (non-hydrogen) atoms. The van der Waals surface area contributed by atoms with Crippen LogP contribution in [-0.2, 0) is 11.2 Å². The molecule has 0 saturated carbocycles. The third-order valence-corrected chi connectivity index (χ3v) is 3.42. The van der Waals surface area contributed by atoms with Crippen LogP contribution in [0.1, 0.15) is 11.1 Å². The lowest BCUT2D eigenvalue weighted by Gasteiger charge is -2.17. The van der Waals surface area contributed by atoms with Crippen LogP contribution in [0.3, 0.4) is 0 Å². The number of nitrogens with one attached hydrogen (secondary N) is 1. The van der Waals surface area contributed by atoms with E-state index in [1.165, 1.54) is 0 Å². The van der Waals surface area contributed by atoms with Gasteiger partial charge in [0.25, 0.3) is 5.91 Å². The fourth-order valence-corrected chi connectivity index (χ4v) is 2.26. The van der Waals surface area contributed by atoms with Gasteiger partial charge in [-0.3, -0.25) is 4.79 Å². The molecular formula is C18H14N2O2. The topological polar surface area (TPSA) is 62.1 Å². The SMILES string of the molecule is N#CCc1ccc(NC(=O)C2=Cc3ccccc3OC2)cc1. The molecule has 4 nitrogen and oxygen atoms in total. The molecule has 0 unspecified atom stereocenters. The highest BCUT2D eigenvalue weighted by molar-refractivity contribution is 6.07. The molecule has 0 fully saturated rings. The summed E-state index contributed by atoms with van der Waals surface area (Å²) in [5, 5.41) is 11.5. The van der Waals surface area contributed by atoms with E-state index in [0.29, 0.717) is 17.7 Å². The Morgan fingerprint density at radius 2 is 1.95 bits per heavy atom. The summed E-state index contributed by atoms with van der Waals surface area (Å²) in [7, 11) is 0. The smallest absolute Gasteiger partial charge is 0.255 e. The molecule has 0 atom stereocenters. The number of hydrogen-bond acceptors (Lipinski definition) is 3. The van der Waals surface area contributed by atoms with Crippen molar-refractivity contribution in [3.63, 3.8) is 0 Å². The summed E-state index contributed by atoms with van der Waals surface area (Å²) < 4.78 is 5.58. The lowest BCUT2D eigenvalue weighted by molar-refractivity contribution is -0.113. The summed E-state index contributed by atoms with van der Waals surface area (Å²) in [6.07, 6.45) is 2.21. The summed E-state index contributed by atoms with van der Waals surface area (Å²) in [5.74, 6) is 0.613. The number of benzene rings is 2. The number of carbonyl (C=O) groups excluding carboxylic acids is 1. The van der Waals surface area contributed by atoms with Crippen LogP contribution in [0.2, 0.25) is 0 Å². The Bertz CT molecular complexity index is 770. The first-order valence-corrected chi connectivity index (χ1v) is 6.96. The zero-order chi connectivity index (χ0) is 15.4. The van der Waals surface area contributed by atoms with Crippen molar-refractivity contribution in [1.82, 2.24) is 0 Å². The number of rotatable bonds is 3. The van der Waals surface area contributed by atoms with Crippen molar-refractivity contribution in [2.45, 2.75) is 6.42 Å². The summed E-state index contributed by atoms with van der Waals surface area (Å²) in [4.78, 5) is 12.3. The Labute approximate surface area is 128 Å². The number of nitrogens with zero attached hydrogens (tertiary/aromatic N) is 1. The number of anilines is 1. The van der Waals surface area contributed by atoms with E-state index < -0.39 is 0 Å². The van der Waals surface area contributed by atoms with E-state index in [2.05, 4.69) is 11.4 Å². The van der Waals surface area contributed by atoms with Gasteiger partial charge in [0.15, 0.2) is 0 Å². The summed E-state index contributed by atoms with van der Waals surface area (Å²) in [6, 6.07) is 17.0. The molecule has 1 N–H and O–H groups in total. The molecule has 3 rings (SSSR count). The van der Waals surface area contributed by atoms with Crippen LogP contribution in [0, 0.1) is 11.3 Å².